The van der Waals surface area contributed by atoms with Crippen molar-refractivity contribution in [3.8, 4) is 11.5 Å². The third kappa shape index (κ3) is 9.08. The van der Waals surface area contributed by atoms with Crippen LogP contribution in [-0.2, 0) is 4.84 Å². The smallest absolute Gasteiger partial charge is 0.125 e. The molecule has 0 aliphatic rings. The number of aryl methyl sites for hydroxylation is 1. The Hall–Kier alpha value is -1.01. The normalized spacial score (nSPS) is 10.5. The lowest BCUT2D eigenvalue weighted by Gasteiger charge is -2.18. The topological polar surface area (TPSA) is 40.0 Å². The van der Waals surface area contributed by atoms with Gasteiger partial charge in [-0.1, -0.05) is 19.0 Å². The molecule has 0 spiro atoms. The van der Waals surface area contributed by atoms with E-state index < -0.39 is 0 Å². The number of oxime groups is 1. The molecule has 0 saturated heterocycles. The van der Waals surface area contributed by atoms with E-state index in [0.717, 1.165) is 39.0 Å². The molecule has 0 aromatic heterocycles. The van der Waals surface area contributed by atoms with Crippen molar-refractivity contribution in [3.63, 3.8) is 0 Å². The van der Waals surface area contributed by atoms with Crippen LogP contribution >= 0.6 is 31.9 Å². The molecule has 0 saturated carbocycles. The van der Waals surface area contributed by atoms with E-state index in [1.165, 1.54) is 5.56 Å². The molecule has 0 unspecified atom stereocenters. The number of halogens is 2. The molecular weight excluding hydrogens is 462 g/mol. The van der Waals surface area contributed by atoms with Crippen LogP contribution in [0.15, 0.2) is 26.8 Å². The summed E-state index contributed by atoms with van der Waals surface area (Å²) in [6.07, 6.45) is 3.76. The molecule has 0 atom stereocenters. The van der Waals surface area contributed by atoms with Crippen LogP contribution < -0.4 is 9.47 Å². The van der Waals surface area contributed by atoms with Crippen molar-refractivity contribution < 1.29 is 14.3 Å². The second-order valence-electron chi connectivity index (χ2n) is 6.55. The first-order valence-corrected chi connectivity index (χ1v) is 10.4. The van der Waals surface area contributed by atoms with Gasteiger partial charge in [0.05, 0.1) is 15.7 Å². The molecule has 0 bridgehead atoms. The highest BCUT2D eigenvalue weighted by Gasteiger charge is 2.13. The van der Waals surface area contributed by atoms with Crippen LogP contribution in [0.4, 0.5) is 0 Å². The van der Waals surface area contributed by atoms with E-state index in [9.17, 15) is 0 Å². The van der Waals surface area contributed by atoms with Crippen LogP contribution in [0, 0.1) is 6.92 Å². The number of hydrogen-bond donors (Lipinski definition) is 0. The van der Waals surface area contributed by atoms with Gasteiger partial charge < -0.3 is 14.3 Å². The van der Waals surface area contributed by atoms with Crippen LogP contribution in [0.2, 0.25) is 0 Å². The summed E-state index contributed by atoms with van der Waals surface area (Å²) in [5.41, 5.74) is 3.19. The molecular formula is C20H29Br2NO3. The predicted molar refractivity (Wildman–Crippen MR) is 116 cm³/mol. The quantitative estimate of drug-likeness (QED) is 0.197. The Labute approximate surface area is 174 Å². The highest BCUT2D eigenvalue weighted by atomic mass is 79.9. The maximum Gasteiger partial charge on any atom is 0.125 e. The third-order valence-electron chi connectivity index (χ3n) is 3.51. The van der Waals surface area contributed by atoms with Crippen molar-refractivity contribution >= 4 is 37.6 Å². The zero-order valence-electron chi connectivity index (χ0n) is 16.3. The largest absolute Gasteiger partial charge is 0.493 e. The van der Waals surface area contributed by atoms with Gasteiger partial charge >= 0.3 is 0 Å². The van der Waals surface area contributed by atoms with Gasteiger partial charge in [-0.25, -0.2) is 0 Å². The van der Waals surface area contributed by atoms with E-state index in [4.69, 9.17) is 14.3 Å². The summed E-state index contributed by atoms with van der Waals surface area (Å²) >= 11 is 6.66. The summed E-state index contributed by atoms with van der Waals surface area (Å²) in [6.45, 7) is 12.0. The van der Waals surface area contributed by atoms with Gasteiger partial charge in [-0.2, -0.15) is 0 Å². The van der Waals surface area contributed by atoms with Gasteiger partial charge in [0.2, 0.25) is 0 Å². The first kappa shape index (κ1) is 23.0. The summed E-state index contributed by atoms with van der Waals surface area (Å²) in [5, 5.41) is 3.93. The van der Waals surface area contributed by atoms with Gasteiger partial charge in [-0.15, -0.1) is 0 Å². The molecule has 146 valence electrons. The Morgan fingerprint density at radius 3 is 2.42 bits per heavy atom. The fourth-order valence-electron chi connectivity index (χ4n) is 2.29. The Bertz CT molecular complexity index is 620. The van der Waals surface area contributed by atoms with Crippen molar-refractivity contribution in [3.05, 3.63) is 32.7 Å². The van der Waals surface area contributed by atoms with Crippen molar-refractivity contribution in [1.29, 1.82) is 0 Å². The third-order valence-corrected chi connectivity index (χ3v) is 4.16. The molecule has 1 rings (SSSR count). The zero-order chi connectivity index (χ0) is 19.5. The lowest BCUT2D eigenvalue weighted by molar-refractivity contribution is 0.135. The summed E-state index contributed by atoms with van der Waals surface area (Å²) in [4.78, 5) is 5.21. The molecule has 0 N–H and O–H groups in total. The number of ether oxygens (including phenoxy) is 2. The van der Waals surface area contributed by atoms with Crippen LogP contribution in [0.5, 0.6) is 11.5 Å². The highest BCUT2D eigenvalue weighted by molar-refractivity contribution is 9.28. The summed E-state index contributed by atoms with van der Waals surface area (Å²) < 4.78 is 12.8. The van der Waals surface area contributed by atoms with Gasteiger partial charge in [0, 0.05) is 5.56 Å². The molecule has 0 radical (unpaired) electrons. The lowest BCUT2D eigenvalue weighted by atomic mass is 9.99. The maximum atomic E-state index is 6.08. The number of unbranched alkanes of at least 4 members (excludes halogenated alkanes) is 1. The van der Waals surface area contributed by atoms with Crippen molar-refractivity contribution in [2.75, 3.05) is 19.8 Å². The van der Waals surface area contributed by atoms with Gasteiger partial charge in [0.25, 0.3) is 0 Å². The average Bonchev–Trinajstić information content (AvgIpc) is 2.54. The first-order valence-electron chi connectivity index (χ1n) is 8.85. The molecule has 6 heteroatoms. The van der Waals surface area contributed by atoms with Crippen molar-refractivity contribution in [1.82, 2.24) is 0 Å². The fourth-order valence-corrected chi connectivity index (χ4v) is 2.56. The molecule has 0 aliphatic carbocycles. The van der Waals surface area contributed by atoms with Crippen LogP contribution in [0.25, 0.3) is 0 Å². The SMILES string of the molecule is CC(C)=NOCCCCOc1c(C)cc(OCC=C(Br)Br)cc1C(C)C. The van der Waals surface area contributed by atoms with E-state index in [1.807, 2.05) is 26.0 Å². The monoisotopic (exact) mass is 489 g/mol. The van der Waals surface area contributed by atoms with Crippen molar-refractivity contribution in [2.45, 2.75) is 53.4 Å². The Morgan fingerprint density at radius 2 is 1.81 bits per heavy atom. The van der Waals surface area contributed by atoms with Gasteiger partial charge in [-0.3, -0.25) is 0 Å². The number of benzene rings is 1. The fraction of sp³-hybridized carbons (Fsp3) is 0.550. The number of nitrogens with zero attached hydrogens (tertiary/aromatic N) is 1. The molecule has 1 aromatic rings. The standard InChI is InChI=1S/C20H29Br2NO3/c1-14(2)18-13-17(24-11-8-19(21)22)12-16(5)20(18)25-9-6-7-10-26-23-15(3)4/h8,12-14H,6-7,9-11H2,1-5H3. The minimum atomic E-state index is 0.357. The van der Waals surface area contributed by atoms with Crippen LogP contribution in [0.3, 0.4) is 0 Å². The zero-order valence-corrected chi connectivity index (χ0v) is 19.4. The van der Waals surface area contributed by atoms with E-state index >= 15 is 0 Å². The molecule has 0 amide bonds. The summed E-state index contributed by atoms with van der Waals surface area (Å²) in [5.74, 6) is 2.18. The van der Waals surface area contributed by atoms with Gasteiger partial charge in [0.1, 0.15) is 24.7 Å². The Balaban J connectivity index is 2.63. The summed E-state index contributed by atoms with van der Waals surface area (Å²) in [7, 11) is 0. The van der Waals surface area contributed by atoms with E-state index in [1.54, 1.807) is 0 Å². The van der Waals surface area contributed by atoms with E-state index in [0.29, 0.717) is 25.7 Å². The molecule has 4 nitrogen and oxygen atoms in total. The minimum Gasteiger partial charge on any atom is -0.493 e. The highest BCUT2D eigenvalue weighted by Crippen LogP contribution is 2.34. The van der Waals surface area contributed by atoms with E-state index in [2.05, 4.69) is 63.9 Å². The lowest BCUT2D eigenvalue weighted by Crippen LogP contribution is -2.05. The predicted octanol–water partition coefficient (Wildman–Crippen LogP) is 6.70. The van der Waals surface area contributed by atoms with Crippen LogP contribution in [0.1, 0.15) is 57.6 Å². The van der Waals surface area contributed by atoms with Gasteiger partial charge in [-0.05, 0) is 95.2 Å². The Kier molecular flexibility index (Phi) is 11.0. The molecule has 1 aromatic carbocycles. The van der Waals surface area contributed by atoms with Crippen LogP contribution in [-0.4, -0.2) is 25.5 Å². The second-order valence-corrected chi connectivity index (χ2v) is 9.32. The maximum absolute atomic E-state index is 6.08. The number of rotatable bonds is 11. The minimum absolute atomic E-state index is 0.357. The molecule has 0 aliphatic heterocycles. The Morgan fingerprint density at radius 1 is 1.12 bits per heavy atom. The average molecular weight is 491 g/mol. The van der Waals surface area contributed by atoms with E-state index in [-0.39, 0.29) is 0 Å². The molecule has 26 heavy (non-hydrogen) atoms. The molecule has 0 heterocycles. The first-order chi connectivity index (χ1) is 12.3. The number of hydrogen-bond acceptors (Lipinski definition) is 4. The van der Waals surface area contributed by atoms with Crippen molar-refractivity contribution in [2.24, 2.45) is 5.16 Å². The van der Waals surface area contributed by atoms with Gasteiger partial charge in [0.15, 0.2) is 0 Å². The second kappa shape index (κ2) is 12.4. The molecule has 0 fully saturated rings. The summed E-state index contributed by atoms with van der Waals surface area (Å²) in [6, 6.07) is 4.10.